The van der Waals surface area contributed by atoms with Crippen LogP contribution in [0.1, 0.15) is 51.2 Å². The van der Waals surface area contributed by atoms with Crippen molar-refractivity contribution in [1.82, 2.24) is 0 Å². The Morgan fingerprint density at radius 3 is 2.60 bits per heavy atom. The summed E-state index contributed by atoms with van der Waals surface area (Å²) in [6.07, 6.45) is 3.93. The minimum atomic E-state index is 0.429. The van der Waals surface area contributed by atoms with Crippen LogP contribution in [0.3, 0.4) is 0 Å². The van der Waals surface area contributed by atoms with Gasteiger partial charge in [-0.15, -0.1) is 11.6 Å². The predicted octanol–water partition coefficient (Wildman–Crippen LogP) is 5.39. The molecule has 1 aromatic rings. The molecule has 20 heavy (non-hydrogen) atoms. The summed E-state index contributed by atoms with van der Waals surface area (Å²) >= 11 is 6.14. The lowest BCUT2D eigenvalue weighted by Crippen LogP contribution is -2.26. The second-order valence-electron chi connectivity index (χ2n) is 7.25. The molecule has 1 unspecified atom stereocenters. The van der Waals surface area contributed by atoms with Crippen LogP contribution in [-0.4, -0.2) is 13.1 Å². The van der Waals surface area contributed by atoms with Gasteiger partial charge in [0.15, 0.2) is 0 Å². The molecule has 1 nitrogen and oxygen atoms in total. The third kappa shape index (κ3) is 3.69. The first kappa shape index (κ1) is 15.7. The number of halogens is 1. The molecule has 0 bridgehead atoms. The van der Waals surface area contributed by atoms with Crippen LogP contribution in [-0.2, 0) is 5.88 Å². The second kappa shape index (κ2) is 6.39. The molecule has 2 heteroatoms. The average molecular weight is 294 g/mol. The molecule has 0 aliphatic carbocycles. The monoisotopic (exact) mass is 293 g/mol. The lowest BCUT2D eigenvalue weighted by atomic mass is 9.77. The van der Waals surface area contributed by atoms with Crippen molar-refractivity contribution in [1.29, 1.82) is 0 Å². The molecule has 1 aromatic carbocycles. The molecule has 1 aliphatic heterocycles. The number of nitrogens with zero attached hydrogens (tertiary/aromatic N) is 1. The van der Waals surface area contributed by atoms with E-state index >= 15 is 0 Å². The van der Waals surface area contributed by atoms with Crippen molar-refractivity contribution >= 4 is 17.3 Å². The van der Waals surface area contributed by atoms with Crippen LogP contribution in [0.5, 0.6) is 0 Å². The molecular weight excluding hydrogens is 266 g/mol. The maximum absolute atomic E-state index is 6.14. The van der Waals surface area contributed by atoms with Crippen molar-refractivity contribution in [2.45, 2.75) is 52.8 Å². The summed E-state index contributed by atoms with van der Waals surface area (Å²) < 4.78 is 0. The van der Waals surface area contributed by atoms with Gasteiger partial charge in [0.2, 0.25) is 0 Å². The van der Waals surface area contributed by atoms with E-state index in [-0.39, 0.29) is 0 Å². The van der Waals surface area contributed by atoms with E-state index in [9.17, 15) is 0 Å². The molecule has 0 radical (unpaired) electrons. The molecule has 1 aliphatic rings. The number of hydrogen-bond donors (Lipinski definition) is 0. The molecular formula is C18H28ClN. The van der Waals surface area contributed by atoms with Gasteiger partial charge < -0.3 is 4.90 Å². The summed E-state index contributed by atoms with van der Waals surface area (Å²) in [7, 11) is 0. The van der Waals surface area contributed by atoms with Gasteiger partial charge in [0.1, 0.15) is 0 Å². The Kier molecular flexibility index (Phi) is 5.01. The number of rotatable bonds is 2. The highest BCUT2D eigenvalue weighted by Crippen LogP contribution is 2.36. The highest BCUT2D eigenvalue weighted by molar-refractivity contribution is 6.17. The third-order valence-corrected chi connectivity index (χ3v) is 4.96. The number of anilines is 1. The van der Waals surface area contributed by atoms with Gasteiger partial charge in [-0.1, -0.05) is 38.5 Å². The molecule has 1 atom stereocenters. The van der Waals surface area contributed by atoms with E-state index in [4.69, 9.17) is 11.6 Å². The highest BCUT2D eigenvalue weighted by atomic mass is 35.5. The molecule has 1 heterocycles. The molecule has 1 fully saturated rings. The van der Waals surface area contributed by atoms with Crippen molar-refractivity contribution in [2.75, 3.05) is 18.0 Å². The van der Waals surface area contributed by atoms with E-state index in [0.717, 1.165) is 12.5 Å². The van der Waals surface area contributed by atoms with Crippen LogP contribution in [0, 0.1) is 18.3 Å². The SMILES string of the molecule is Cc1ccc(N2CCCC(C(C)(C)C)CC2)c(CCl)c1. The molecule has 0 amide bonds. The van der Waals surface area contributed by atoms with Crippen LogP contribution < -0.4 is 4.90 Å². The average Bonchev–Trinajstić information content (AvgIpc) is 2.63. The topological polar surface area (TPSA) is 3.24 Å². The Balaban J connectivity index is 2.15. The molecule has 0 N–H and O–H groups in total. The van der Waals surface area contributed by atoms with Crippen LogP contribution in [0.2, 0.25) is 0 Å². The van der Waals surface area contributed by atoms with Gasteiger partial charge in [0, 0.05) is 24.7 Å². The fourth-order valence-electron chi connectivity index (χ4n) is 3.33. The number of benzene rings is 1. The Labute approximate surface area is 129 Å². The van der Waals surface area contributed by atoms with E-state index < -0.39 is 0 Å². The second-order valence-corrected chi connectivity index (χ2v) is 7.51. The minimum absolute atomic E-state index is 0.429. The molecule has 0 aromatic heterocycles. The lowest BCUT2D eigenvalue weighted by molar-refractivity contribution is 0.220. The quantitative estimate of drug-likeness (QED) is 0.661. The van der Waals surface area contributed by atoms with Gasteiger partial charge in [-0.2, -0.15) is 0 Å². The van der Waals surface area contributed by atoms with E-state index in [1.54, 1.807) is 0 Å². The van der Waals surface area contributed by atoms with Gasteiger partial charge in [0.25, 0.3) is 0 Å². The molecule has 1 saturated heterocycles. The number of aryl methyl sites for hydroxylation is 1. The summed E-state index contributed by atoms with van der Waals surface area (Å²) in [5.41, 5.74) is 4.35. The first-order valence-corrected chi connectivity index (χ1v) is 8.35. The molecule has 112 valence electrons. The molecule has 0 saturated carbocycles. The smallest absolute Gasteiger partial charge is 0.0494 e. The lowest BCUT2D eigenvalue weighted by Gasteiger charge is -2.30. The van der Waals surface area contributed by atoms with Gasteiger partial charge in [0.05, 0.1) is 0 Å². The van der Waals surface area contributed by atoms with Crippen molar-refractivity contribution in [3.05, 3.63) is 29.3 Å². The summed E-state index contributed by atoms with van der Waals surface area (Å²) in [6.45, 7) is 11.6. The summed E-state index contributed by atoms with van der Waals surface area (Å²) in [5, 5.41) is 0. The molecule has 0 spiro atoms. The van der Waals surface area contributed by atoms with E-state index in [0.29, 0.717) is 11.3 Å². The predicted molar refractivity (Wildman–Crippen MR) is 89.7 cm³/mol. The Bertz CT molecular complexity index is 447. The standard InChI is InChI=1S/C18H28ClN/c1-14-7-8-17(15(12-14)13-19)20-10-5-6-16(9-11-20)18(2,3)4/h7-8,12,16H,5-6,9-11,13H2,1-4H3. The first-order valence-electron chi connectivity index (χ1n) is 7.82. The normalized spacial score (nSPS) is 20.9. The Hall–Kier alpha value is -0.690. The van der Waals surface area contributed by atoms with Crippen molar-refractivity contribution in [3.63, 3.8) is 0 Å². The van der Waals surface area contributed by atoms with E-state index in [2.05, 4.69) is 50.8 Å². The number of hydrogen-bond acceptors (Lipinski definition) is 1. The van der Waals surface area contributed by atoms with Crippen LogP contribution in [0.4, 0.5) is 5.69 Å². The molecule has 2 rings (SSSR count). The van der Waals surface area contributed by atoms with Gasteiger partial charge in [-0.05, 0) is 49.1 Å². The summed E-state index contributed by atoms with van der Waals surface area (Å²) in [4.78, 5) is 2.54. The maximum atomic E-state index is 6.14. The van der Waals surface area contributed by atoms with Crippen molar-refractivity contribution < 1.29 is 0 Å². The van der Waals surface area contributed by atoms with Gasteiger partial charge in [-0.3, -0.25) is 0 Å². The van der Waals surface area contributed by atoms with Crippen LogP contribution in [0.15, 0.2) is 18.2 Å². The summed E-state index contributed by atoms with van der Waals surface area (Å²) in [5.74, 6) is 1.44. The Morgan fingerprint density at radius 2 is 1.95 bits per heavy atom. The fourth-order valence-corrected chi connectivity index (χ4v) is 3.55. The van der Waals surface area contributed by atoms with Gasteiger partial charge in [-0.25, -0.2) is 0 Å². The van der Waals surface area contributed by atoms with Crippen molar-refractivity contribution in [2.24, 2.45) is 11.3 Å². The van der Waals surface area contributed by atoms with Crippen LogP contribution in [0.25, 0.3) is 0 Å². The van der Waals surface area contributed by atoms with Crippen LogP contribution >= 0.6 is 11.6 Å². The first-order chi connectivity index (χ1) is 9.41. The largest absolute Gasteiger partial charge is 0.371 e. The van der Waals surface area contributed by atoms with E-state index in [1.165, 1.54) is 42.6 Å². The highest BCUT2D eigenvalue weighted by Gasteiger charge is 2.27. The fraction of sp³-hybridized carbons (Fsp3) is 0.667. The Morgan fingerprint density at radius 1 is 1.20 bits per heavy atom. The van der Waals surface area contributed by atoms with E-state index in [1.807, 2.05) is 0 Å². The zero-order chi connectivity index (χ0) is 14.8. The van der Waals surface area contributed by atoms with Gasteiger partial charge >= 0.3 is 0 Å². The zero-order valence-corrected chi connectivity index (χ0v) is 14.1. The zero-order valence-electron chi connectivity index (χ0n) is 13.4. The van der Waals surface area contributed by atoms with Crippen molar-refractivity contribution in [3.8, 4) is 0 Å². The summed E-state index contributed by atoms with van der Waals surface area (Å²) in [6, 6.07) is 6.69. The number of alkyl halides is 1. The third-order valence-electron chi connectivity index (χ3n) is 4.67. The maximum Gasteiger partial charge on any atom is 0.0494 e. The minimum Gasteiger partial charge on any atom is -0.371 e.